The van der Waals surface area contributed by atoms with Crippen molar-refractivity contribution in [1.29, 1.82) is 0 Å². The first-order valence-electron chi connectivity index (χ1n) is 4.82. The van der Waals surface area contributed by atoms with Crippen molar-refractivity contribution in [2.45, 2.75) is 31.6 Å². The summed E-state index contributed by atoms with van der Waals surface area (Å²) in [4.78, 5) is 5.28. The van der Waals surface area contributed by atoms with Gasteiger partial charge in [-0.05, 0) is 13.3 Å². The van der Waals surface area contributed by atoms with Crippen LogP contribution in [0.25, 0.3) is 0 Å². The van der Waals surface area contributed by atoms with Gasteiger partial charge in [0, 0.05) is 30.2 Å². The molecule has 1 aliphatic heterocycles. The van der Waals surface area contributed by atoms with Crippen LogP contribution >= 0.6 is 11.5 Å². The van der Waals surface area contributed by atoms with E-state index in [1.807, 2.05) is 6.92 Å². The SMILES string of the molecule is CC1C(N)CCN1c1nc(C(F)(F)F)ns1. The Morgan fingerprint density at radius 3 is 2.62 bits per heavy atom. The Hall–Kier alpha value is -0.890. The van der Waals surface area contributed by atoms with Crippen molar-refractivity contribution in [3.05, 3.63) is 5.82 Å². The number of alkyl halides is 3. The van der Waals surface area contributed by atoms with Gasteiger partial charge in [0.15, 0.2) is 0 Å². The van der Waals surface area contributed by atoms with Crippen LogP contribution in [-0.2, 0) is 6.18 Å². The van der Waals surface area contributed by atoms with E-state index in [2.05, 4.69) is 9.36 Å². The van der Waals surface area contributed by atoms with Gasteiger partial charge >= 0.3 is 6.18 Å². The molecule has 1 aliphatic rings. The van der Waals surface area contributed by atoms with Crippen LogP contribution in [0.2, 0.25) is 0 Å². The minimum Gasteiger partial charge on any atom is -0.343 e. The van der Waals surface area contributed by atoms with Gasteiger partial charge in [-0.1, -0.05) is 0 Å². The largest absolute Gasteiger partial charge is 0.452 e. The molecule has 8 heteroatoms. The van der Waals surface area contributed by atoms with Crippen molar-refractivity contribution in [3.8, 4) is 0 Å². The smallest absolute Gasteiger partial charge is 0.343 e. The van der Waals surface area contributed by atoms with Crippen molar-refractivity contribution in [1.82, 2.24) is 9.36 Å². The molecule has 1 aromatic heterocycles. The Morgan fingerprint density at radius 1 is 1.50 bits per heavy atom. The third-order valence-corrected chi connectivity index (χ3v) is 3.48. The topological polar surface area (TPSA) is 55.0 Å². The summed E-state index contributed by atoms with van der Waals surface area (Å²) < 4.78 is 40.2. The van der Waals surface area contributed by atoms with Gasteiger partial charge in [-0.25, -0.2) is 0 Å². The van der Waals surface area contributed by atoms with Gasteiger partial charge in [-0.2, -0.15) is 22.5 Å². The Bertz CT molecular complexity index is 378. The third-order valence-electron chi connectivity index (χ3n) is 2.73. The lowest BCUT2D eigenvalue weighted by molar-refractivity contribution is -0.144. The molecule has 2 atom stereocenters. The lowest BCUT2D eigenvalue weighted by Gasteiger charge is -2.21. The molecule has 2 heterocycles. The molecule has 1 aromatic rings. The van der Waals surface area contributed by atoms with E-state index in [9.17, 15) is 13.2 Å². The van der Waals surface area contributed by atoms with Crippen LogP contribution in [0, 0.1) is 0 Å². The normalized spacial score (nSPS) is 26.4. The van der Waals surface area contributed by atoms with Gasteiger partial charge < -0.3 is 10.6 Å². The lowest BCUT2D eigenvalue weighted by Crippen LogP contribution is -2.36. The average molecular weight is 252 g/mol. The molecule has 2 unspecified atom stereocenters. The number of nitrogens with zero attached hydrogens (tertiary/aromatic N) is 3. The predicted octanol–water partition coefficient (Wildman–Crippen LogP) is 1.48. The highest BCUT2D eigenvalue weighted by molar-refractivity contribution is 7.09. The van der Waals surface area contributed by atoms with Crippen LogP contribution in [0.5, 0.6) is 0 Å². The zero-order valence-corrected chi connectivity index (χ0v) is 9.35. The average Bonchev–Trinajstić information content (AvgIpc) is 2.74. The highest BCUT2D eigenvalue weighted by Crippen LogP contribution is 2.32. The van der Waals surface area contributed by atoms with Crippen molar-refractivity contribution in [2.24, 2.45) is 5.73 Å². The molecule has 2 rings (SSSR count). The van der Waals surface area contributed by atoms with Crippen LogP contribution in [0.15, 0.2) is 0 Å². The summed E-state index contributed by atoms with van der Waals surface area (Å²) in [5.41, 5.74) is 5.79. The standard InChI is InChI=1S/C8H11F3N4S/c1-4-5(12)2-3-15(4)7-13-6(14-16-7)8(9,10)11/h4-5H,2-3,12H2,1H3. The molecule has 0 bridgehead atoms. The number of anilines is 1. The molecule has 0 amide bonds. The predicted molar refractivity (Wildman–Crippen MR) is 54.3 cm³/mol. The zero-order chi connectivity index (χ0) is 11.9. The van der Waals surface area contributed by atoms with E-state index in [1.54, 1.807) is 4.90 Å². The van der Waals surface area contributed by atoms with Crippen molar-refractivity contribution in [3.63, 3.8) is 0 Å². The summed E-state index contributed by atoms with van der Waals surface area (Å²) in [6, 6.07) is -0.00716. The fourth-order valence-corrected chi connectivity index (χ4v) is 2.48. The van der Waals surface area contributed by atoms with E-state index < -0.39 is 12.0 Å². The van der Waals surface area contributed by atoms with E-state index in [4.69, 9.17) is 5.73 Å². The molecule has 1 fully saturated rings. The molecule has 1 saturated heterocycles. The number of aromatic nitrogens is 2. The number of hydrogen-bond acceptors (Lipinski definition) is 5. The highest BCUT2D eigenvalue weighted by Gasteiger charge is 2.38. The van der Waals surface area contributed by atoms with Gasteiger partial charge in [0.2, 0.25) is 11.0 Å². The summed E-state index contributed by atoms with van der Waals surface area (Å²) in [5.74, 6) is -1.07. The summed E-state index contributed by atoms with van der Waals surface area (Å²) in [6.45, 7) is 2.52. The van der Waals surface area contributed by atoms with Gasteiger partial charge in [-0.3, -0.25) is 0 Å². The number of hydrogen-bond donors (Lipinski definition) is 1. The first kappa shape index (κ1) is 11.6. The monoisotopic (exact) mass is 252 g/mol. The second-order valence-electron chi connectivity index (χ2n) is 3.78. The van der Waals surface area contributed by atoms with Crippen LogP contribution in [0.1, 0.15) is 19.2 Å². The number of halogens is 3. The van der Waals surface area contributed by atoms with Crippen LogP contribution in [-0.4, -0.2) is 28.0 Å². The Balaban J connectivity index is 2.20. The minimum atomic E-state index is -4.47. The molecule has 90 valence electrons. The van der Waals surface area contributed by atoms with E-state index in [0.717, 1.165) is 18.0 Å². The summed E-state index contributed by atoms with van der Waals surface area (Å²) in [7, 11) is 0. The van der Waals surface area contributed by atoms with Gasteiger partial charge in [-0.15, -0.1) is 0 Å². The molecule has 2 N–H and O–H groups in total. The molecule has 16 heavy (non-hydrogen) atoms. The summed E-state index contributed by atoms with van der Waals surface area (Å²) >= 11 is 0.769. The Morgan fingerprint density at radius 2 is 2.19 bits per heavy atom. The minimum absolute atomic E-state index is 0.00836. The van der Waals surface area contributed by atoms with Gasteiger partial charge in [0.1, 0.15) is 0 Å². The molecule has 0 aliphatic carbocycles. The van der Waals surface area contributed by atoms with Gasteiger partial charge in [0.25, 0.3) is 0 Å². The van der Waals surface area contributed by atoms with Crippen molar-refractivity contribution >= 4 is 16.7 Å². The van der Waals surface area contributed by atoms with E-state index in [1.165, 1.54) is 0 Å². The van der Waals surface area contributed by atoms with Crippen LogP contribution < -0.4 is 10.6 Å². The number of nitrogens with two attached hydrogens (primary N) is 1. The van der Waals surface area contributed by atoms with Crippen molar-refractivity contribution < 1.29 is 13.2 Å². The third kappa shape index (κ3) is 1.99. The fourth-order valence-electron chi connectivity index (χ4n) is 1.68. The Kier molecular flexibility index (Phi) is 2.79. The maximum atomic E-state index is 12.3. The molecule has 0 aromatic carbocycles. The maximum Gasteiger partial charge on any atom is 0.452 e. The molecule has 0 radical (unpaired) electrons. The van der Waals surface area contributed by atoms with Crippen LogP contribution in [0.4, 0.5) is 18.3 Å². The van der Waals surface area contributed by atoms with Crippen molar-refractivity contribution in [2.75, 3.05) is 11.4 Å². The highest BCUT2D eigenvalue weighted by atomic mass is 32.1. The summed E-state index contributed by atoms with van der Waals surface area (Å²) in [6.07, 6.45) is -3.71. The van der Waals surface area contributed by atoms with Crippen LogP contribution in [0.3, 0.4) is 0 Å². The molecule has 0 spiro atoms. The van der Waals surface area contributed by atoms with E-state index >= 15 is 0 Å². The first-order chi connectivity index (χ1) is 7.39. The van der Waals surface area contributed by atoms with E-state index in [-0.39, 0.29) is 12.1 Å². The second-order valence-corrected chi connectivity index (χ2v) is 4.52. The molecular formula is C8H11F3N4S. The van der Waals surface area contributed by atoms with Gasteiger partial charge in [0.05, 0.1) is 0 Å². The first-order valence-corrected chi connectivity index (χ1v) is 5.60. The molecule has 0 saturated carbocycles. The fraction of sp³-hybridized carbons (Fsp3) is 0.750. The molecule has 4 nitrogen and oxygen atoms in total. The number of rotatable bonds is 1. The van der Waals surface area contributed by atoms with E-state index in [0.29, 0.717) is 11.7 Å². The maximum absolute atomic E-state index is 12.3. The molecular weight excluding hydrogens is 241 g/mol. The zero-order valence-electron chi connectivity index (χ0n) is 8.53. The summed E-state index contributed by atoms with van der Waals surface area (Å²) in [5, 5.41) is 0.299. The second kappa shape index (κ2) is 3.85. The lowest BCUT2D eigenvalue weighted by atomic mass is 10.2. The Labute approximate surface area is 94.4 Å². The quantitative estimate of drug-likeness (QED) is 0.822.